The van der Waals surface area contributed by atoms with Crippen LogP contribution in [0.4, 0.5) is 10.5 Å². The number of hydrogen-bond acceptors (Lipinski definition) is 5. The van der Waals surface area contributed by atoms with Gasteiger partial charge in [-0.2, -0.15) is 0 Å². The second-order valence-electron chi connectivity index (χ2n) is 5.60. The summed E-state index contributed by atoms with van der Waals surface area (Å²) in [6.07, 6.45) is 4.29. The van der Waals surface area contributed by atoms with Gasteiger partial charge in [-0.05, 0) is 32.9 Å². The molecule has 1 heterocycles. The van der Waals surface area contributed by atoms with E-state index in [-0.39, 0.29) is 0 Å². The lowest BCUT2D eigenvalue weighted by Crippen LogP contribution is -2.27. The monoisotopic (exact) mass is 301 g/mol. The second-order valence-corrected chi connectivity index (χ2v) is 5.60. The summed E-state index contributed by atoms with van der Waals surface area (Å²) in [5.41, 5.74) is 1.34. The molecular weight excluding hydrogens is 282 g/mol. The van der Waals surface area contributed by atoms with Crippen molar-refractivity contribution in [3.63, 3.8) is 0 Å². The zero-order valence-electron chi connectivity index (χ0n) is 13.1. The molecule has 0 spiro atoms. The lowest BCUT2D eigenvalue weighted by Gasteiger charge is -2.20. The molecule has 0 unspecified atom stereocenters. The number of anilines is 1. The van der Waals surface area contributed by atoms with Crippen molar-refractivity contribution in [2.24, 2.45) is 0 Å². The van der Waals surface area contributed by atoms with Crippen LogP contribution >= 0.6 is 0 Å². The Bertz CT molecular complexity index is 651. The summed E-state index contributed by atoms with van der Waals surface area (Å²) in [5.74, 6) is 0.508. The molecule has 0 aliphatic carbocycles. The maximum Gasteiger partial charge on any atom is 0.412 e. The van der Waals surface area contributed by atoms with E-state index in [9.17, 15) is 4.79 Å². The first-order chi connectivity index (χ1) is 10.4. The van der Waals surface area contributed by atoms with E-state index in [1.54, 1.807) is 51.5 Å². The fraction of sp³-hybridized carbons (Fsp3) is 0.312. The van der Waals surface area contributed by atoms with Crippen LogP contribution in [0.1, 0.15) is 20.8 Å². The SMILES string of the molecule is COc1c(NC(=O)OC(C)(C)C)cccc1-c1cnccn1. The molecule has 0 saturated heterocycles. The predicted octanol–water partition coefficient (Wildman–Crippen LogP) is 3.50. The van der Waals surface area contributed by atoms with Gasteiger partial charge in [0.1, 0.15) is 5.60 Å². The van der Waals surface area contributed by atoms with Crippen molar-refractivity contribution in [3.8, 4) is 17.0 Å². The Labute approximate surface area is 129 Å². The molecule has 6 heteroatoms. The summed E-state index contributed by atoms with van der Waals surface area (Å²) in [5, 5.41) is 2.69. The van der Waals surface area contributed by atoms with Crippen LogP contribution in [0, 0.1) is 0 Å². The van der Waals surface area contributed by atoms with E-state index in [1.165, 1.54) is 7.11 Å². The van der Waals surface area contributed by atoms with Gasteiger partial charge >= 0.3 is 6.09 Å². The standard InChI is InChI=1S/C16H19N3O3/c1-16(2,3)22-15(20)19-12-7-5-6-11(14(12)21-4)13-10-17-8-9-18-13/h5-10H,1-4H3,(H,19,20). The zero-order valence-corrected chi connectivity index (χ0v) is 13.1. The van der Waals surface area contributed by atoms with Crippen molar-refractivity contribution in [1.82, 2.24) is 9.97 Å². The van der Waals surface area contributed by atoms with Gasteiger partial charge in [-0.25, -0.2) is 4.79 Å². The summed E-state index contributed by atoms with van der Waals surface area (Å²) in [7, 11) is 1.54. The van der Waals surface area contributed by atoms with Gasteiger partial charge in [0.2, 0.25) is 0 Å². The highest BCUT2D eigenvalue weighted by Crippen LogP contribution is 2.35. The minimum absolute atomic E-state index is 0.508. The number of aromatic nitrogens is 2. The van der Waals surface area contributed by atoms with Crippen molar-refractivity contribution in [3.05, 3.63) is 36.8 Å². The number of benzene rings is 1. The number of para-hydroxylation sites is 1. The number of carbonyl (C=O) groups is 1. The number of carbonyl (C=O) groups excluding carboxylic acids is 1. The van der Waals surface area contributed by atoms with Gasteiger partial charge in [0.05, 0.1) is 24.7 Å². The predicted molar refractivity (Wildman–Crippen MR) is 83.9 cm³/mol. The average Bonchev–Trinajstić information content (AvgIpc) is 2.46. The molecule has 22 heavy (non-hydrogen) atoms. The number of hydrogen-bond donors (Lipinski definition) is 1. The quantitative estimate of drug-likeness (QED) is 0.939. The van der Waals surface area contributed by atoms with Crippen molar-refractivity contribution in [2.45, 2.75) is 26.4 Å². The Morgan fingerprint density at radius 1 is 1.23 bits per heavy atom. The Hall–Kier alpha value is -2.63. The number of methoxy groups -OCH3 is 1. The molecule has 0 fully saturated rings. The van der Waals surface area contributed by atoms with E-state index in [0.717, 1.165) is 5.56 Å². The van der Waals surface area contributed by atoms with Crippen molar-refractivity contribution in [2.75, 3.05) is 12.4 Å². The summed E-state index contributed by atoms with van der Waals surface area (Å²) < 4.78 is 10.7. The molecule has 0 radical (unpaired) electrons. The number of rotatable bonds is 3. The van der Waals surface area contributed by atoms with E-state index in [4.69, 9.17) is 9.47 Å². The molecule has 116 valence electrons. The molecule has 2 rings (SSSR count). The molecule has 1 aromatic heterocycles. The third kappa shape index (κ3) is 3.94. The first-order valence-corrected chi connectivity index (χ1v) is 6.84. The first-order valence-electron chi connectivity index (χ1n) is 6.84. The van der Waals surface area contributed by atoms with E-state index in [0.29, 0.717) is 17.1 Å². The van der Waals surface area contributed by atoms with Crippen LogP contribution < -0.4 is 10.1 Å². The summed E-state index contributed by atoms with van der Waals surface area (Å²) >= 11 is 0. The highest BCUT2D eigenvalue weighted by molar-refractivity contribution is 5.89. The number of amides is 1. The molecular formula is C16H19N3O3. The van der Waals surface area contributed by atoms with Crippen LogP contribution in [-0.2, 0) is 4.74 Å². The molecule has 2 aromatic rings. The largest absolute Gasteiger partial charge is 0.494 e. The van der Waals surface area contributed by atoms with Gasteiger partial charge in [0.15, 0.2) is 5.75 Å². The zero-order chi connectivity index (χ0) is 16.2. The van der Waals surface area contributed by atoms with Crippen molar-refractivity contribution < 1.29 is 14.3 Å². The lowest BCUT2D eigenvalue weighted by molar-refractivity contribution is 0.0635. The Balaban J connectivity index is 2.32. The molecule has 0 aliphatic heterocycles. The van der Waals surface area contributed by atoms with Gasteiger partial charge in [0.25, 0.3) is 0 Å². The molecule has 0 saturated carbocycles. The van der Waals surface area contributed by atoms with Gasteiger partial charge in [-0.1, -0.05) is 6.07 Å². The minimum Gasteiger partial charge on any atom is -0.494 e. The van der Waals surface area contributed by atoms with Crippen LogP contribution in [-0.4, -0.2) is 28.8 Å². The first kappa shape index (κ1) is 15.8. The maximum absolute atomic E-state index is 11.9. The number of nitrogens with one attached hydrogen (secondary N) is 1. The molecule has 0 atom stereocenters. The van der Waals surface area contributed by atoms with Gasteiger partial charge in [-0.15, -0.1) is 0 Å². The fourth-order valence-electron chi connectivity index (χ4n) is 1.91. The lowest BCUT2D eigenvalue weighted by atomic mass is 10.1. The fourth-order valence-corrected chi connectivity index (χ4v) is 1.91. The summed E-state index contributed by atoms with van der Waals surface area (Å²) in [6, 6.07) is 5.39. The molecule has 0 bridgehead atoms. The highest BCUT2D eigenvalue weighted by Gasteiger charge is 2.19. The number of nitrogens with zero attached hydrogens (tertiary/aromatic N) is 2. The molecule has 1 N–H and O–H groups in total. The normalized spacial score (nSPS) is 10.9. The van der Waals surface area contributed by atoms with Crippen LogP contribution in [0.2, 0.25) is 0 Å². The van der Waals surface area contributed by atoms with Crippen LogP contribution in [0.25, 0.3) is 11.3 Å². The highest BCUT2D eigenvalue weighted by atomic mass is 16.6. The van der Waals surface area contributed by atoms with Crippen LogP contribution in [0.5, 0.6) is 5.75 Å². The topological polar surface area (TPSA) is 73.3 Å². The van der Waals surface area contributed by atoms with Crippen LogP contribution in [0.3, 0.4) is 0 Å². The number of ether oxygens (including phenoxy) is 2. The molecule has 1 aromatic carbocycles. The van der Waals surface area contributed by atoms with Crippen LogP contribution in [0.15, 0.2) is 36.8 Å². The Morgan fingerprint density at radius 2 is 2.00 bits per heavy atom. The van der Waals surface area contributed by atoms with E-state index >= 15 is 0 Å². The molecule has 6 nitrogen and oxygen atoms in total. The van der Waals surface area contributed by atoms with Crippen molar-refractivity contribution in [1.29, 1.82) is 0 Å². The third-order valence-electron chi connectivity index (χ3n) is 2.69. The summed E-state index contributed by atoms with van der Waals surface area (Å²) in [6.45, 7) is 5.42. The van der Waals surface area contributed by atoms with Gasteiger partial charge < -0.3 is 9.47 Å². The summed E-state index contributed by atoms with van der Waals surface area (Å²) in [4.78, 5) is 20.2. The average molecular weight is 301 g/mol. The Kier molecular flexibility index (Phi) is 4.60. The molecule has 1 amide bonds. The van der Waals surface area contributed by atoms with Crippen molar-refractivity contribution >= 4 is 11.8 Å². The van der Waals surface area contributed by atoms with E-state index in [2.05, 4.69) is 15.3 Å². The minimum atomic E-state index is -0.570. The van der Waals surface area contributed by atoms with Gasteiger partial charge in [0, 0.05) is 18.0 Å². The smallest absolute Gasteiger partial charge is 0.412 e. The van der Waals surface area contributed by atoms with E-state index < -0.39 is 11.7 Å². The maximum atomic E-state index is 11.9. The van der Waals surface area contributed by atoms with E-state index in [1.807, 2.05) is 6.07 Å². The Morgan fingerprint density at radius 3 is 2.59 bits per heavy atom. The van der Waals surface area contributed by atoms with Gasteiger partial charge in [-0.3, -0.25) is 15.3 Å². The molecule has 0 aliphatic rings. The second kappa shape index (κ2) is 6.43. The third-order valence-corrected chi connectivity index (χ3v) is 2.69.